The first-order valence-corrected chi connectivity index (χ1v) is 19.3. The van der Waals surface area contributed by atoms with Gasteiger partial charge in [0.15, 0.2) is 0 Å². The number of hydrogen-bond donors (Lipinski definition) is 0. The number of fused-ring (bicyclic) bond motifs is 9. The van der Waals surface area contributed by atoms with E-state index in [4.69, 9.17) is 0 Å². The van der Waals surface area contributed by atoms with Crippen LogP contribution in [0.15, 0.2) is 218 Å². The van der Waals surface area contributed by atoms with E-state index in [1.165, 1.54) is 76.4 Å². The van der Waals surface area contributed by atoms with Crippen LogP contribution in [-0.4, -0.2) is 4.57 Å². The zero-order chi connectivity index (χ0) is 37.0. The molecule has 0 amide bonds. The molecule has 0 radical (unpaired) electrons. The first-order valence-electron chi connectivity index (χ1n) is 19.3. The van der Waals surface area contributed by atoms with Crippen LogP contribution in [0.3, 0.4) is 0 Å². The molecule has 10 aromatic carbocycles. The Morgan fingerprint density at radius 1 is 0.250 bits per heavy atom. The van der Waals surface area contributed by atoms with Crippen LogP contribution in [0.2, 0.25) is 0 Å². The molecule has 2 heteroatoms. The molecular weight excluding hydrogens is 677 g/mol. The number of nitrogens with zero attached hydrogens (tertiary/aromatic N) is 2. The van der Waals surface area contributed by atoms with Gasteiger partial charge in [-0.3, -0.25) is 0 Å². The van der Waals surface area contributed by atoms with E-state index in [9.17, 15) is 0 Å². The predicted molar refractivity (Wildman–Crippen MR) is 239 cm³/mol. The maximum atomic E-state index is 2.40. The minimum Gasteiger partial charge on any atom is -0.311 e. The fourth-order valence-corrected chi connectivity index (χ4v) is 8.73. The highest BCUT2D eigenvalue weighted by atomic mass is 15.1. The van der Waals surface area contributed by atoms with Crippen LogP contribution in [0.5, 0.6) is 0 Å². The van der Waals surface area contributed by atoms with Crippen molar-refractivity contribution in [3.8, 4) is 27.9 Å². The van der Waals surface area contributed by atoms with Gasteiger partial charge in [0, 0.05) is 33.5 Å². The number of rotatable bonds is 6. The second-order valence-corrected chi connectivity index (χ2v) is 14.5. The summed E-state index contributed by atoms with van der Waals surface area (Å²) in [7, 11) is 0. The first-order chi connectivity index (χ1) is 27.8. The Hall–Kier alpha value is -7.42. The summed E-state index contributed by atoms with van der Waals surface area (Å²) >= 11 is 0. The van der Waals surface area contributed by atoms with Gasteiger partial charge < -0.3 is 9.47 Å². The molecule has 1 aromatic heterocycles. The van der Waals surface area contributed by atoms with Gasteiger partial charge in [-0.05, 0) is 127 Å². The molecule has 0 aliphatic carbocycles. The Labute approximate surface area is 325 Å². The predicted octanol–water partition coefficient (Wildman–Crippen LogP) is 15.0. The van der Waals surface area contributed by atoms with Gasteiger partial charge in [-0.25, -0.2) is 0 Å². The highest BCUT2D eigenvalue weighted by molar-refractivity contribution is 6.25. The van der Waals surface area contributed by atoms with Crippen LogP contribution in [-0.2, 0) is 0 Å². The Bertz CT molecular complexity index is 3140. The average Bonchev–Trinajstić information content (AvgIpc) is 3.61. The Balaban J connectivity index is 0.961. The van der Waals surface area contributed by atoms with E-state index in [2.05, 4.69) is 228 Å². The van der Waals surface area contributed by atoms with E-state index in [1.54, 1.807) is 0 Å². The van der Waals surface area contributed by atoms with Crippen molar-refractivity contribution < 1.29 is 0 Å². The van der Waals surface area contributed by atoms with Gasteiger partial charge in [0.25, 0.3) is 0 Å². The van der Waals surface area contributed by atoms with Gasteiger partial charge in [0.1, 0.15) is 0 Å². The second-order valence-electron chi connectivity index (χ2n) is 14.5. The largest absolute Gasteiger partial charge is 0.311 e. The summed E-state index contributed by atoms with van der Waals surface area (Å²) < 4.78 is 2.40. The molecule has 0 aliphatic rings. The lowest BCUT2D eigenvalue weighted by molar-refractivity contribution is 1.18. The number of aromatic nitrogens is 1. The standard InChI is InChI=1S/C54H36N2/c1-3-13-41(14-4-1)55(42-15-5-2-6-16-42)43-29-23-38(24-30-43)40-28-34-54-52(36-40)50-21-11-12-22-53(50)56(54)44-31-25-37(26-32-44)39-27-33-49-47-19-8-7-17-45(47)46-18-9-10-20-48(46)51(49)35-39/h1-36H. The van der Waals surface area contributed by atoms with E-state index in [0.717, 1.165) is 22.7 Å². The fourth-order valence-electron chi connectivity index (χ4n) is 8.73. The van der Waals surface area contributed by atoms with E-state index in [0.29, 0.717) is 0 Å². The van der Waals surface area contributed by atoms with Crippen LogP contribution >= 0.6 is 0 Å². The zero-order valence-corrected chi connectivity index (χ0v) is 30.7. The molecule has 262 valence electrons. The molecule has 0 spiro atoms. The molecule has 0 bridgehead atoms. The normalized spacial score (nSPS) is 11.6. The van der Waals surface area contributed by atoms with Crippen LogP contribution in [0.25, 0.3) is 82.1 Å². The molecule has 0 saturated carbocycles. The van der Waals surface area contributed by atoms with Crippen molar-refractivity contribution in [1.82, 2.24) is 4.57 Å². The Kier molecular flexibility index (Phi) is 7.53. The highest BCUT2D eigenvalue weighted by Gasteiger charge is 2.16. The van der Waals surface area contributed by atoms with E-state index in [1.807, 2.05) is 0 Å². The second kappa shape index (κ2) is 13.2. The topological polar surface area (TPSA) is 8.17 Å². The lowest BCUT2D eigenvalue weighted by Gasteiger charge is -2.25. The maximum absolute atomic E-state index is 2.40. The molecule has 0 unspecified atom stereocenters. The number of anilines is 3. The quantitative estimate of drug-likeness (QED) is 0.156. The number of para-hydroxylation sites is 3. The van der Waals surface area contributed by atoms with Crippen molar-refractivity contribution in [2.45, 2.75) is 0 Å². The molecule has 2 nitrogen and oxygen atoms in total. The lowest BCUT2D eigenvalue weighted by Crippen LogP contribution is -2.09. The van der Waals surface area contributed by atoms with Gasteiger partial charge in [-0.1, -0.05) is 146 Å². The third-order valence-corrected chi connectivity index (χ3v) is 11.4. The first kappa shape index (κ1) is 32.0. The molecular formula is C54H36N2. The van der Waals surface area contributed by atoms with Gasteiger partial charge >= 0.3 is 0 Å². The lowest BCUT2D eigenvalue weighted by atomic mass is 9.92. The molecule has 0 aliphatic heterocycles. The monoisotopic (exact) mass is 712 g/mol. The van der Waals surface area contributed by atoms with Crippen LogP contribution in [0.1, 0.15) is 0 Å². The van der Waals surface area contributed by atoms with E-state index >= 15 is 0 Å². The van der Waals surface area contributed by atoms with E-state index < -0.39 is 0 Å². The van der Waals surface area contributed by atoms with Gasteiger partial charge in [-0.15, -0.1) is 0 Å². The molecule has 1 heterocycles. The average molecular weight is 713 g/mol. The SMILES string of the molecule is c1ccc(N(c2ccccc2)c2ccc(-c3ccc4c(c3)c3ccccc3n4-c3ccc(-c4ccc5c6ccccc6c6ccccc6c5c4)cc3)cc2)cc1. The zero-order valence-electron chi connectivity index (χ0n) is 30.7. The van der Waals surface area contributed by atoms with Gasteiger partial charge in [-0.2, -0.15) is 0 Å². The summed E-state index contributed by atoms with van der Waals surface area (Å²) in [6.45, 7) is 0. The van der Waals surface area contributed by atoms with Crippen LogP contribution in [0, 0.1) is 0 Å². The van der Waals surface area contributed by atoms with Gasteiger partial charge in [0.05, 0.1) is 11.0 Å². The number of benzene rings is 10. The van der Waals surface area contributed by atoms with Crippen molar-refractivity contribution in [2.75, 3.05) is 4.90 Å². The molecule has 0 saturated heterocycles. The summed E-state index contributed by atoms with van der Waals surface area (Å²) in [5, 5.41) is 10.3. The van der Waals surface area contributed by atoms with Crippen LogP contribution in [0.4, 0.5) is 17.1 Å². The minimum absolute atomic E-state index is 1.12. The molecule has 0 fully saturated rings. The number of hydrogen-bond acceptors (Lipinski definition) is 1. The molecule has 11 aromatic rings. The highest BCUT2D eigenvalue weighted by Crippen LogP contribution is 2.40. The summed E-state index contributed by atoms with van der Waals surface area (Å²) in [6.07, 6.45) is 0. The van der Waals surface area contributed by atoms with Crippen molar-refractivity contribution in [2.24, 2.45) is 0 Å². The van der Waals surface area contributed by atoms with Crippen molar-refractivity contribution >= 4 is 71.2 Å². The minimum atomic E-state index is 1.12. The molecule has 0 atom stereocenters. The molecule has 0 N–H and O–H groups in total. The fraction of sp³-hybridized carbons (Fsp3) is 0. The smallest absolute Gasteiger partial charge is 0.0541 e. The molecule has 56 heavy (non-hydrogen) atoms. The Morgan fingerprint density at radius 2 is 0.643 bits per heavy atom. The Morgan fingerprint density at radius 3 is 1.23 bits per heavy atom. The van der Waals surface area contributed by atoms with E-state index in [-0.39, 0.29) is 0 Å². The maximum Gasteiger partial charge on any atom is 0.0541 e. The van der Waals surface area contributed by atoms with Crippen molar-refractivity contribution in [1.29, 1.82) is 0 Å². The third-order valence-electron chi connectivity index (χ3n) is 11.4. The summed E-state index contributed by atoms with van der Waals surface area (Å²) in [4.78, 5) is 2.30. The third kappa shape index (κ3) is 5.26. The molecule has 11 rings (SSSR count). The van der Waals surface area contributed by atoms with Crippen LogP contribution < -0.4 is 4.90 Å². The van der Waals surface area contributed by atoms with Gasteiger partial charge in [0.2, 0.25) is 0 Å². The summed E-state index contributed by atoms with van der Waals surface area (Å²) in [6, 6.07) is 79.3. The summed E-state index contributed by atoms with van der Waals surface area (Å²) in [5.74, 6) is 0. The van der Waals surface area contributed by atoms with Crippen molar-refractivity contribution in [3.05, 3.63) is 218 Å². The van der Waals surface area contributed by atoms with Crippen molar-refractivity contribution in [3.63, 3.8) is 0 Å². The summed E-state index contributed by atoms with van der Waals surface area (Å²) in [5.41, 5.74) is 11.8.